The van der Waals surface area contributed by atoms with E-state index in [1.165, 1.54) is 18.2 Å². The number of carbonyl (C=O) groups excluding carboxylic acids is 1. The van der Waals surface area contributed by atoms with Gasteiger partial charge in [0.05, 0.1) is 4.92 Å². The van der Waals surface area contributed by atoms with E-state index in [1.54, 1.807) is 13.0 Å². The summed E-state index contributed by atoms with van der Waals surface area (Å²) < 4.78 is 0. The van der Waals surface area contributed by atoms with Crippen LogP contribution in [0.2, 0.25) is 0 Å². The van der Waals surface area contributed by atoms with E-state index in [0.29, 0.717) is 5.69 Å². The maximum atomic E-state index is 12.9. The number of aryl methyl sites for hydroxylation is 4. The van der Waals surface area contributed by atoms with Gasteiger partial charge in [0.25, 0.3) is 5.69 Å². The van der Waals surface area contributed by atoms with Crippen LogP contribution in [0.5, 0.6) is 0 Å². The van der Waals surface area contributed by atoms with Crippen molar-refractivity contribution < 1.29 is 9.72 Å². The van der Waals surface area contributed by atoms with Gasteiger partial charge >= 0.3 is 0 Å². The molecule has 0 saturated heterocycles. The summed E-state index contributed by atoms with van der Waals surface area (Å²) in [5, 5.41) is 23.2. The zero-order chi connectivity index (χ0) is 28.1. The zero-order valence-corrected chi connectivity index (χ0v) is 22.4. The second kappa shape index (κ2) is 11.5. The van der Waals surface area contributed by atoms with Gasteiger partial charge in [-0.25, -0.2) is 0 Å². The van der Waals surface area contributed by atoms with E-state index >= 15 is 0 Å². The van der Waals surface area contributed by atoms with E-state index in [2.05, 4.69) is 48.4 Å². The summed E-state index contributed by atoms with van der Waals surface area (Å²) in [6, 6.07) is 17.0. The first kappa shape index (κ1) is 27.0. The molecule has 0 bridgehead atoms. The van der Waals surface area contributed by atoms with Gasteiger partial charge in [-0.15, -0.1) is 0 Å². The molecule has 0 radical (unpaired) electrons. The lowest BCUT2D eigenvalue weighted by molar-refractivity contribution is -0.384. The van der Waals surface area contributed by atoms with Crippen molar-refractivity contribution >= 4 is 46.5 Å². The van der Waals surface area contributed by atoms with Crippen molar-refractivity contribution in [2.45, 2.75) is 40.7 Å². The van der Waals surface area contributed by atoms with Gasteiger partial charge in [-0.05, 0) is 87.2 Å². The number of hydrogen-bond donors (Lipinski definition) is 4. The van der Waals surface area contributed by atoms with Gasteiger partial charge in [0.15, 0.2) is 0 Å². The van der Waals surface area contributed by atoms with Crippen LogP contribution in [0, 0.1) is 37.8 Å². The summed E-state index contributed by atoms with van der Waals surface area (Å²) in [6.45, 7) is 9.67. The Morgan fingerprint density at radius 1 is 0.744 bits per heavy atom. The summed E-state index contributed by atoms with van der Waals surface area (Å²) in [5.74, 6) is 0.334. The number of benzene rings is 3. The molecule has 0 unspecified atom stereocenters. The Morgan fingerprint density at radius 2 is 1.23 bits per heavy atom. The summed E-state index contributed by atoms with van der Waals surface area (Å²) in [7, 11) is 0. The van der Waals surface area contributed by atoms with Gasteiger partial charge in [-0.2, -0.15) is 15.0 Å². The van der Waals surface area contributed by atoms with E-state index in [1.807, 2.05) is 52.0 Å². The number of carbonyl (C=O) groups is 1. The normalized spacial score (nSPS) is 11.4. The molecule has 4 aromatic rings. The van der Waals surface area contributed by atoms with E-state index in [0.717, 1.165) is 33.6 Å². The monoisotopic (exact) mass is 526 g/mol. The summed E-state index contributed by atoms with van der Waals surface area (Å²) in [6.07, 6.45) is 0. The van der Waals surface area contributed by atoms with Crippen LogP contribution in [-0.4, -0.2) is 31.8 Å². The van der Waals surface area contributed by atoms with Crippen LogP contribution < -0.4 is 21.3 Å². The first-order valence-corrected chi connectivity index (χ1v) is 12.3. The largest absolute Gasteiger partial charge is 0.342 e. The third kappa shape index (κ3) is 7.48. The molecular formula is C28H30N8O3. The molecule has 4 rings (SSSR count). The molecule has 200 valence electrons. The molecule has 3 aromatic carbocycles. The second-order valence-electron chi connectivity index (χ2n) is 9.47. The minimum Gasteiger partial charge on any atom is -0.342 e. The minimum absolute atomic E-state index is 0.116. The molecule has 1 heterocycles. The Bertz CT molecular complexity index is 1430. The first-order chi connectivity index (χ1) is 18.5. The number of amides is 1. The molecule has 39 heavy (non-hydrogen) atoms. The standard InChI is InChI=1S/C28H30N8O3/c1-16-9-17(2)12-22(11-16)31-27-33-26(34-28(35-27)32-23-13-18(3)10-19(4)14-23)29-20(5)25(37)30-21-7-6-8-24(15-21)36(38)39/h6-15,20H,1-5H3,(H,30,37)(H3,29,31,32,33,34,35)/t20-/m0/s1. The first-order valence-electron chi connectivity index (χ1n) is 12.3. The van der Waals surface area contributed by atoms with Crippen molar-refractivity contribution in [3.63, 3.8) is 0 Å². The molecule has 11 heteroatoms. The molecule has 0 aliphatic rings. The van der Waals surface area contributed by atoms with Gasteiger partial charge < -0.3 is 21.3 Å². The molecule has 4 N–H and O–H groups in total. The fourth-order valence-corrected chi connectivity index (χ4v) is 4.11. The highest BCUT2D eigenvalue weighted by atomic mass is 16.6. The Morgan fingerprint density at radius 3 is 1.72 bits per heavy atom. The van der Waals surface area contributed by atoms with E-state index in [-0.39, 0.29) is 23.5 Å². The van der Waals surface area contributed by atoms with Gasteiger partial charge in [0.2, 0.25) is 23.8 Å². The second-order valence-corrected chi connectivity index (χ2v) is 9.47. The zero-order valence-electron chi connectivity index (χ0n) is 22.4. The predicted molar refractivity (Wildman–Crippen MR) is 153 cm³/mol. The number of non-ortho nitro benzene ring substituents is 1. The SMILES string of the molecule is Cc1cc(C)cc(Nc2nc(Nc3cc(C)cc(C)c3)nc(N[C@@H](C)C(=O)Nc3cccc([N+](=O)[O-])c3)n2)c1. The Kier molecular flexibility index (Phi) is 7.99. The predicted octanol–water partition coefficient (Wildman–Crippen LogP) is 5.94. The van der Waals surface area contributed by atoms with E-state index < -0.39 is 16.9 Å². The lowest BCUT2D eigenvalue weighted by Crippen LogP contribution is -2.32. The number of nitro groups is 1. The van der Waals surface area contributed by atoms with Crippen molar-refractivity contribution in [2.75, 3.05) is 21.3 Å². The van der Waals surface area contributed by atoms with Crippen molar-refractivity contribution in [3.8, 4) is 0 Å². The number of aromatic nitrogens is 3. The highest BCUT2D eigenvalue weighted by Crippen LogP contribution is 2.23. The van der Waals surface area contributed by atoms with Crippen LogP contribution in [0.1, 0.15) is 29.2 Å². The molecule has 1 atom stereocenters. The number of rotatable bonds is 9. The van der Waals surface area contributed by atoms with Crippen molar-refractivity contribution in [1.82, 2.24) is 15.0 Å². The van der Waals surface area contributed by atoms with E-state index in [9.17, 15) is 14.9 Å². The summed E-state index contributed by atoms with van der Waals surface area (Å²) >= 11 is 0. The van der Waals surface area contributed by atoms with Crippen molar-refractivity contribution in [3.05, 3.63) is 93.0 Å². The minimum atomic E-state index is -0.769. The van der Waals surface area contributed by atoms with Crippen molar-refractivity contribution in [1.29, 1.82) is 0 Å². The summed E-state index contributed by atoms with van der Waals surface area (Å²) in [4.78, 5) is 36.9. The third-order valence-electron chi connectivity index (χ3n) is 5.65. The average molecular weight is 527 g/mol. The van der Waals surface area contributed by atoms with Gasteiger partial charge in [0.1, 0.15) is 6.04 Å². The van der Waals surface area contributed by atoms with Gasteiger partial charge in [0, 0.05) is 29.2 Å². The molecule has 0 saturated carbocycles. The topological polar surface area (TPSA) is 147 Å². The number of nitrogens with one attached hydrogen (secondary N) is 4. The Balaban J connectivity index is 1.59. The van der Waals surface area contributed by atoms with Crippen LogP contribution in [0.15, 0.2) is 60.7 Å². The maximum Gasteiger partial charge on any atom is 0.271 e. The highest BCUT2D eigenvalue weighted by molar-refractivity contribution is 5.96. The van der Waals surface area contributed by atoms with Crippen LogP contribution in [0.4, 0.5) is 40.6 Å². The average Bonchev–Trinajstić information content (AvgIpc) is 2.82. The Hall–Kier alpha value is -5.06. The molecule has 11 nitrogen and oxygen atoms in total. The molecule has 1 aromatic heterocycles. The number of nitro benzene ring substituents is 1. The van der Waals surface area contributed by atoms with Crippen LogP contribution in [0.3, 0.4) is 0 Å². The van der Waals surface area contributed by atoms with Crippen LogP contribution >= 0.6 is 0 Å². The quantitative estimate of drug-likeness (QED) is 0.154. The molecule has 0 fully saturated rings. The van der Waals surface area contributed by atoms with Crippen LogP contribution in [0.25, 0.3) is 0 Å². The number of anilines is 6. The Labute approximate surface area is 226 Å². The third-order valence-corrected chi connectivity index (χ3v) is 5.65. The number of nitrogens with zero attached hydrogens (tertiary/aromatic N) is 4. The van der Waals surface area contributed by atoms with E-state index in [4.69, 9.17) is 0 Å². The van der Waals surface area contributed by atoms with Gasteiger partial charge in [-0.3, -0.25) is 14.9 Å². The van der Waals surface area contributed by atoms with Crippen LogP contribution in [-0.2, 0) is 4.79 Å². The fraction of sp³-hybridized carbons (Fsp3) is 0.214. The molecule has 0 aliphatic carbocycles. The smallest absolute Gasteiger partial charge is 0.271 e. The lowest BCUT2D eigenvalue weighted by atomic mass is 10.1. The molecule has 0 spiro atoms. The summed E-state index contributed by atoms with van der Waals surface area (Å²) in [5.41, 5.74) is 6.18. The van der Waals surface area contributed by atoms with Crippen molar-refractivity contribution in [2.24, 2.45) is 0 Å². The maximum absolute atomic E-state index is 12.9. The lowest BCUT2D eigenvalue weighted by Gasteiger charge is -2.16. The molecule has 1 amide bonds. The fourth-order valence-electron chi connectivity index (χ4n) is 4.11. The number of hydrogen-bond acceptors (Lipinski definition) is 9. The molecule has 0 aliphatic heterocycles. The highest BCUT2D eigenvalue weighted by Gasteiger charge is 2.17. The van der Waals surface area contributed by atoms with Gasteiger partial charge in [-0.1, -0.05) is 18.2 Å². The molecular weight excluding hydrogens is 496 g/mol.